The van der Waals surface area contributed by atoms with Gasteiger partial charge in [-0.05, 0) is 39.2 Å². The number of unbranched alkanes of at least 4 members (excludes halogenated alkanes) is 1. The van der Waals surface area contributed by atoms with E-state index in [-0.39, 0.29) is 31.1 Å². The number of ether oxygens (including phenoxy) is 2. The molecule has 2 fully saturated rings. The smallest absolute Gasteiger partial charge is 0.313 e. The number of likely N-dealkylation sites (tertiary alicyclic amines) is 1. The molecule has 32 heavy (non-hydrogen) atoms. The van der Waals surface area contributed by atoms with E-state index in [0.29, 0.717) is 25.9 Å². The van der Waals surface area contributed by atoms with Crippen LogP contribution in [0.5, 0.6) is 0 Å². The summed E-state index contributed by atoms with van der Waals surface area (Å²) < 4.78 is 12.0. The van der Waals surface area contributed by atoms with E-state index >= 15 is 0 Å². The number of nitrogens with zero attached hydrogens (tertiary/aromatic N) is 2. The van der Waals surface area contributed by atoms with Crippen LogP contribution in [0.3, 0.4) is 0 Å². The highest BCUT2D eigenvalue weighted by atomic mass is 16.6. The third-order valence-electron chi connectivity index (χ3n) is 7.39. The highest BCUT2D eigenvalue weighted by Gasteiger charge is 2.74. The molecule has 4 heterocycles. The van der Waals surface area contributed by atoms with E-state index in [0.717, 1.165) is 12.8 Å². The summed E-state index contributed by atoms with van der Waals surface area (Å²) in [5.74, 6) is -2.52. The molecule has 176 valence electrons. The van der Waals surface area contributed by atoms with Crippen molar-refractivity contribution >= 4 is 17.8 Å². The van der Waals surface area contributed by atoms with Crippen molar-refractivity contribution in [3.8, 4) is 0 Å². The van der Waals surface area contributed by atoms with Crippen molar-refractivity contribution < 1.29 is 29.0 Å². The molecule has 2 amide bonds. The standard InChI is InChI=1S/C24H34N2O6/c1-4-9-16(2)25-13-7-11-24-17(18-22(30)31-15-8-10-23(18,3)32-24)20(28)26(12-5-6-14-27)19(24)21(25)29/h7-8,10-11,16-19,27H,4-6,9,12-15H2,1-3H3/t16?,17-,18+,19?,23-,24-/m0/s1. The van der Waals surface area contributed by atoms with E-state index in [1.165, 1.54) is 0 Å². The summed E-state index contributed by atoms with van der Waals surface area (Å²) in [5.41, 5.74) is -2.26. The Morgan fingerprint density at radius 3 is 2.66 bits per heavy atom. The van der Waals surface area contributed by atoms with Crippen molar-refractivity contribution in [3.05, 3.63) is 24.3 Å². The molecule has 0 aromatic carbocycles. The van der Waals surface area contributed by atoms with Gasteiger partial charge in [0.25, 0.3) is 0 Å². The van der Waals surface area contributed by atoms with Gasteiger partial charge in [-0.1, -0.05) is 31.6 Å². The Morgan fingerprint density at radius 2 is 1.94 bits per heavy atom. The van der Waals surface area contributed by atoms with Crippen molar-refractivity contribution in [3.63, 3.8) is 0 Å². The molecule has 4 aliphatic rings. The van der Waals surface area contributed by atoms with Crippen molar-refractivity contribution in [1.82, 2.24) is 9.80 Å². The summed E-state index contributed by atoms with van der Waals surface area (Å²) >= 11 is 0. The Morgan fingerprint density at radius 1 is 1.16 bits per heavy atom. The fourth-order valence-corrected chi connectivity index (χ4v) is 5.98. The highest BCUT2D eigenvalue weighted by molar-refractivity contribution is 5.99. The van der Waals surface area contributed by atoms with E-state index in [9.17, 15) is 19.5 Å². The average Bonchev–Trinajstić information content (AvgIpc) is 2.99. The zero-order chi connectivity index (χ0) is 23.1. The number of aliphatic hydroxyl groups excluding tert-OH is 1. The van der Waals surface area contributed by atoms with E-state index in [1.54, 1.807) is 24.0 Å². The lowest BCUT2D eigenvalue weighted by Crippen LogP contribution is -2.57. The molecule has 0 aliphatic carbocycles. The fraction of sp³-hybridized carbons (Fsp3) is 0.708. The molecular weight excluding hydrogens is 412 g/mol. The first-order chi connectivity index (χ1) is 15.3. The lowest BCUT2D eigenvalue weighted by Gasteiger charge is -2.38. The van der Waals surface area contributed by atoms with Crippen LogP contribution in [0.1, 0.15) is 46.5 Å². The molecule has 6 atom stereocenters. The molecule has 2 saturated heterocycles. The summed E-state index contributed by atoms with van der Waals surface area (Å²) in [7, 11) is 0. The number of fused-ring (bicyclic) bond motifs is 2. The van der Waals surface area contributed by atoms with Gasteiger partial charge in [0.05, 0.1) is 11.5 Å². The number of esters is 1. The van der Waals surface area contributed by atoms with Gasteiger partial charge in [0, 0.05) is 25.7 Å². The fourth-order valence-electron chi connectivity index (χ4n) is 5.98. The van der Waals surface area contributed by atoms with Gasteiger partial charge >= 0.3 is 5.97 Å². The molecule has 1 spiro atoms. The lowest BCUT2D eigenvalue weighted by atomic mass is 9.74. The molecule has 4 aliphatic heterocycles. The van der Waals surface area contributed by atoms with Gasteiger partial charge in [-0.25, -0.2) is 0 Å². The first kappa shape index (κ1) is 23.0. The summed E-state index contributed by atoms with van der Waals surface area (Å²) in [5, 5.41) is 9.24. The summed E-state index contributed by atoms with van der Waals surface area (Å²) in [4.78, 5) is 44.2. The number of hydrogen-bond donors (Lipinski definition) is 1. The second kappa shape index (κ2) is 8.63. The van der Waals surface area contributed by atoms with E-state index in [1.807, 2.05) is 24.0 Å². The van der Waals surface area contributed by atoms with Gasteiger partial charge < -0.3 is 24.4 Å². The maximum Gasteiger partial charge on any atom is 0.313 e. The number of hydrogen-bond acceptors (Lipinski definition) is 6. The predicted molar refractivity (Wildman–Crippen MR) is 116 cm³/mol. The second-order valence-electron chi connectivity index (χ2n) is 9.52. The third-order valence-corrected chi connectivity index (χ3v) is 7.39. The monoisotopic (exact) mass is 446 g/mol. The molecule has 8 heteroatoms. The Hall–Kier alpha value is -2.19. The van der Waals surface area contributed by atoms with E-state index in [4.69, 9.17) is 9.47 Å². The molecule has 0 radical (unpaired) electrons. The van der Waals surface area contributed by atoms with Gasteiger partial charge in [0.15, 0.2) is 0 Å². The van der Waals surface area contributed by atoms with Crippen LogP contribution in [0.2, 0.25) is 0 Å². The van der Waals surface area contributed by atoms with Crippen LogP contribution in [-0.2, 0) is 23.9 Å². The van der Waals surface area contributed by atoms with Crippen LogP contribution < -0.4 is 0 Å². The molecule has 8 nitrogen and oxygen atoms in total. The van der Waals surface area contributed by atoms with Gasteiger partial charge in [0.2, 0.25) is 11.8 Å². The van der Waals surface area contributed by atoms with Crippen molar-refractivity contribution in [2.24, 2.45) is 11.8 Å². The van der Waals surface area contributed by atoms with Crippen LogP contribution >= 0.6 is 0 Å². The lowest BCUT2D eigenvalue weighted by molar-refractivity contribution is -0.158. The zero-order valence-electron chi connectivity index (χ0n) is 19.2. The van der Waals surface area contributed by atoms with Gasteiger partial charge in [-0.2, -0.15) is 0 Å². The average molecular weight is 447 g/mol. The first-order valence-electron chi connectivity index (χ1n) is 11.7. The summed E-state index contributed by atoms with van der Waals surface area (Å²) in [6.45, 7) is 6.84. The maximum atomic E-state index is 14.0. The molecule has 0 saturated carbocycles. The van der Waals surface area contributed by atoms with Crippen LogP contribution in [-0.4, -0.2) is 82.3 Å². The van der Waals surface area contributed by atoms with Crippen molar-refractivity contribution in [1.29, 1.82) is 0 Å². The topological polar surface area (TPSA) is 96.4 Å². The Labute approximate surface area is 189 Å². The number of amides is 2. The van der Waals surface area contributed by atoms with Crippen LogP contribution in [0.4, 0.5) is 0 Å². The number of carbonyl (C=O) groups excluding carboxylic acids is 3. The maximum absolute atomic E-state index is 14.0. The minimum absolute atomic E-state index is 0.0170. The van der Waals surface area contributed by atoms with Crippen LogP contribution in [0, 0.1) is 11.8 Å². The molecular formula is C24H34N2O6. The van der Waals surface area contributed by atoms with Crippen LogP contribution in [0.15, 0.2) is 24.3 Å². The van der Waals surface area contributed by atoms with Gasteiger partial charge in [0.1, 0.15) is 24.2 Å². The van der Waals surface area contributed by atoms with E-state index in [2.05, 4.69) is 6.92 Å². The minimum atomic E-state index is -1.23. The Bertz CT molecular complexity index is 840. The molecule has 0 bridgehead atoms. The molecule has 0 aromatic heterocycles. The van der Waals surface area contributed by atoms with Gasteiger partial charge in [-0.15, -0.1) is 0 Å². The number of aliphatic hydroxyl groups is 1. The first-order valence-corrected chi connectivity index (χ1v) is 11.7. The van der Waals surface area contributed by atoms with Crippen molar-refractivity contribution in [2.75, 3.05) is 26.3 Å². The molecule has 4 rings (SSSR count). The Balaban J connectivity index is 1.80. The normalized spacial score (nSPS) is 37.0. The second-order valence-corrected chi connectivity index (χ2v) is 9.52. The molecule has 1 N–H and O–H groups in total. The molecule has 2 unspecified atom stereocenters. The summed E-state index contributed by atoms with van der Waals surface area (Å²) in [6.07, 6.45) is 10.2. The Kier molecular flexibility index (Phi) is 6.20. The largest absolute Gasteiger partial charge is 0.461 e. The SMILES string of the molecule is CCCC(C)N1CC=C[C@]23O[C@@]4(C)C=CCOC(=O)[C@H]4[C@H]2C(=O)N(CCCCO)C3C1=O. The van der Waals surface area contributed by atoms with Crippen LogP contribution in [0.25, 0.3) is 0 Å². The number of cyclic esters (lactones) is 1. The van der Waals surface area contributed by atoms with Crippen molar-refractivity contribution in [2.45, 2.75) is 69.7 Å². The third kappa shape index (κ3) is 3.39. The zero-order valence-corrected chi connectivity index (χ0v) is 19.2. The number of carbonyl (C=O) groups is 3. The van der Waals surface area contributed by atoms with Gasteiger partial charge in [-0.3, -0.25) is 14.4 Å². The quantitative estimate of drug-likeness (QED) is 0.361. The predicted octanol–water partition coefficient (Wildman–Crippen LogP) is 1.43. The summed E-state index contributed by atoms with van der Waals surface area (Å²) in [6, 6.07) is -0.824. The number of rotatable bonds is 7. The highest BCUT2D eigenvalue weighted by Crippen LogP contribution is 2.57. The minimum Gasteiger partial charge on any atom is -0.461 e. The van der Waals surface area contributed by atoms with E-state index < -0.39 is 35.0 Å². The molecule has 0 aromatic rings.